The summed E-state index contributed by atoms with van der Waals surface area (Å²) in [4.78, 5) is 10.2. The Bertz CT molecular complexity index is 286. The van der Waals surface area contributed by atoms with Crippen LogP contribution in [0.2, 0.25) is 0 Å². The second-order valence-electron chi connectivity index (χ2n) is 2.49. The van der Waals surface area contributed by atoms with Crippen molar-refractivity contribution in [1.29, 1.82) is 5.26 Å². The first kappa shape index (κ1) is 8.48. The third kappa shape index (κ3) is 2.21. The monoisotopic (exact) mass is 158 g/mol. The Morgan fingerprint density at radius 3 is 2.50 bits per heavy atom. The van der Waals surface area contributed by atoms with Crippen LogP contribution in [0.15, 0.2) is 30.3 Å². The molecule has 1 unspecified atom stereocenters. The van der Waals surface area contributed by atoms with Gasteiger partial charge in [-0.15, -0.1) is 0 Å². The topological polar surface area (TPSA) is 40.9 Å². The lowest BCUT2D eigenvalue weighted by Crippen LogP contribution is -2.02. The fourth-order valence-corrected chi connectivity index (χ4v) is 0.963. The van der Waals surface area contributed by atoms with E-state index in [1.54, 1.807) is 6.29 Å². The smallest absolute Gasteiger partial charge is 0.217 e. The van der Waals surface area contributed by atoms with Gasteiger partial charge in [-0.2, -0.15) is 5.26 Å². The summed E-state index contributed by atoms with van der Waals surface area (Å²) in [5.41, 5.74) is 0.993. The SMILES string of the molecule is N#CC([C]=O)Cc1ccccc1. The molecule has 1 radical (unpaired) electrons. The molecule has 59 valence electrons. The zero-order valence-electron chi connectivity index (χ0n) is 6.53. The first-order chi connectivity index (χ1) is 5.86. The highest BCUT2D eigenvalue weighted by atomic mass is 16.1. The molecule has 1 atom stereocenters. The molecule has 0 N–H and O–H groups in total. The largest absolute Gasteiger partial charge is 0.289 e. The van der Waals surface area contributed by atoms with Gasteiger partial charge >= 0.3 is 0 Å². The van der Waals surface area contributed by atoms with E-state index in [9.17, 15) is 4.79 Å². The fourth-order valence-electron chi connectivity index (χ4n) is 0.963. The van der Waals surface area contributed by atoms with Crippen LogP contribution in [0.25, 0.3) is 0 Å². The fraction of sp³-hybridized carbons (Fsp3) is 0.200. The summed E-state index contributed by atoms with van der Waals surface area (Å²) < 4.78 is 0. The molecule has 12 heavy (non-hydrogen) atoms. The second-order valence-corrected chi connectivity index (χ2v) is 2.49. The highest BCUT2D eigenvalue weighted by Crippen LogP contribution is 2.05. The molecule has 0 spiro atoms. The molecule has 0 amide bonds. The number of hydrogen-bond donors (Lipinski definition) is 0. The van der Waals surface area contributed by atoms with E-state index in [2.05, 4.69) is 0 Å². The van der Waals surface area contributed by atoms with Crippen molar-refractivity contribution in [3.63, 3.8) is 0 Å². The third-order valence-electron chi connectivity index (χ3n) is 1.58. The van der Waals surface area contributed by atoms with E-state index in [0.717, 1.165) is 5.56 Å². The van der Waals surface area contributed by atoms with E-state index in [0.29, 0.717) is 6.42 Å². The molecule has 1 aromatic rings. The van der Waals surface area contributed by atoms with Crippen molar-refractivity contribution >= 4 is 6.29 Å². The van der Waals surface area contributed by atoms with Gasteiger partial charge in [-0.3, -0.25) is 4.79 Å². The summed E-state index contributed by atoms with van der Waals surface area (Å²) in [6.45, 7) is 0. The van der Waals surface area contributed by atoms with E-state index in [1.807, 2.05) is 36.4 Å². The average Bonchev–Trinajstić information content (AvgIpc) is 2.16. The second kappa shape index (κ2) is 4.30. The molecule has 2 heteroatoms. The Hall–Kier alpha value is -1.62. The predicted octanol–water partition coefficient (Wildman–Crippen LogP) is 1.48. The molecule has 0 saturated carbocycles. The maximum absolute atomic E-state index is 10.2. The van der Waals surface area contributed by atoms with Gasteiger partial charge in [-0.25, -0.2) is 0 Å². The van der Waals surface area contributed by atoms with Gasteiger partial charge in [-0.05, 0) is 12.0 Å². The maximum Gasteiger partial charge on any atom is 0.217 e. The van der Waals surface area contributed by atoms with Crippen LogP contribution < -0.4 is 0 Å². The number of benzene rings is 1. The zero-order valence-corrected chi connectivity index (χ0v) is 6.53. The van der Waals surface area contributed by atoms with Crippen LogP contribution in [0.3, 0.4) is 0 Å². The van der Waals surface area contributed by atoms with Gasteiger partial charge in [0, 0.05) is 0 Å². The summed E-state index contributed by atoms with van der Waals surface area (Å²) in [6.07, 6.45) is 2.15. The van der Waals surface area contributed by atoms with Crippen molar-refractivity contribution in [1.82, 2.24) is 0 Å². The molecule has 0 bridgehead atoms. The third-order valence-corrected chi connectivity index (χ3v) is 1.58. The standard InChI is InChI=1S/C10H8NO/c11-7-10(8-12)6-9-4-2-1-3-5-9/h1-5,10H,6H2. The lowest BCUT2D eigenvalue weighted by molar-refractivity contribution is 0.539. The summed E-state index contributed by atoms with van der Waals surface area (Å²) in [7, 11) is 0. The van der Waals surface area contributed by atoms with Crippen LogP contribution in [0.4, 0.5) is 0 Å². The van der Waals surface area contributed by atoms with Crippen molar-refractivity contribution in [2.75, 3.05) is 0 Å². The lowest BCUT2D eigenvalue weighted by atomic mass is 10.0. The summed E-state index contributed by atoms with van der Waals surface area (Å²) in [5, 5.41) is 8.47. The van der Waals surface area contributed by atoms with Crippen LogP contribution in [-0.4, -0.2) is 6.29 Å². The average molecular weight is 158 g/mol. The Labute approximate surface area is 71.4 Å². The van der Waals surface area contributed by atoms with E-state index >= 15 is 0 Å². The minimum Gasteiger partial charge on any atom is -0.289 e. The summed E-state index contributed by atoms with van der Waals surface area (Å²) >= 11 is 0. The molecule has 0 heterocycles. The van der Waals surface area contributed by atoms with Crippen LogP contribution in [-0.2, 0) is 11.2 Å². The van der Waals surface area contributed by atoms with Crippen molar-refractivity contribution in [2.45, 2.75) is 6.42 Å². The first-order valence-corrected chi connectivity index (χ1v) is 3.68. The zero-order chi connectivity index (χ0) is 8.81. The Balaban J connectivity index is 2.64. The van der Waals surface area contributed by atoms with Crippen molar-refractivity contribution in [2.24, 2.45) is 5.92 Å². The molecule has 0 saturated heterocycles. The van der Waals surface area contributed by atoms with Crippen molar-refractivity contribution < 1.29 is 4.79 Å². The number of hydrogen-bond acceptors (Lipinski definition) is 2. The summed E-state index contributed by atoms with van der Waals surface area (Å²) in [5.74, 6) is -0.632. The molecule has 0 aliphatic carbocycles. The predicted molar refractivity (Wildman–Crippen MR) is 44.9 cm³/mol. The maximum atomic E-state index is 10.2. The molecular formula is C10H8NO. The van der Waals surface area contributed by atoms with Gasteiger partial charge in [0.05, 0.1) is 6.07 Å². The van der Waals surface area contributed by atoms with Crippen LogP contribution in [0, 0.1) is 17.2 Å². The van der Waals surface area contributed by atoms with Crippen molar-refractivity contribution in [3.05, 3.63) is 35.9 Å². The lowest BCUT2D eigenvalue weighted by Gasteiger charge is -1.98. The van der Waals surface area contributed by atoms with E-state index in [-0.39, 0.29) is 0 Å². The Morgan fingerprint density at radius 2 is 2.00 bits per heavy atom. The molecular weight excluding hydrogens is 150 g/mol. The molecule has 0 aliphatic heterocycles. The van der Waals surface area contributed by atoms with Gasteiger partial charge in [0.15, 0.2) is 0 Å². The van der Waals surface area contributed by atoms with Gasteiger partial charge in [0.25, 0.3) is 0 Å². The van der Waals surface area contributed by atoms with Gasteiger partial charge in [-0.1, -0.05) is 30.3 Å². The Morgan fingerprint density at radius 1 is 1.33 bits per heavy atom. The van der Waals surface area contributed by atoms with Gasteiger partial charge in [0.2, 0.25) is 6.29 Å². The highest BCUT2D eigenvalue weighted by molar-refractivity contribution is 5.59. The van der Waals surface area contributed by atoms with Gasteiger partial charge < -0.3 is 0 Å². The first-order valence-electron chi connectivity index (χ1n) is 3.68. The molecule has 1 aromatic carbocycles. The van der Waals surface area contributed by atoms with E-state index < -0.39 is 5.92 Å². The molecule has 2 nitrogen and oxygen atoms in total. The normalized spacial score (nSPS) is 11.6. The quantitative estimate of drug-likeness (QED) is 0.668. The van der Waals surface area contributed by atoms with E-state index in [4.69, 9.17) is 5.26 Å². The molecule has 0 fully saturated rings. The van der Waals surface area contributed by atoms with Crippen LogP contribution in [0.5, 0.6) is 0 Å². The minimum absolute atomic E-state index is 0.459. The molecule has 0 aliphatic rings. The number of carbonyl (C=O) groups excluding carboxylic acids is 1. The highest BCUT2D eigenvalue weighted by Gasteiger charge is 2.06. The summed E-state index contributed by atoms with van der Waals surface area (Å²) in [6, 6.07) is 11.3. The van der Waals surface area contributed by atoms with Crippen LogP contribution >= 0.6 is 0 Å². The van der Waals surface area contributed by atoms with E-state index in [1.165, 1.54) is 0 Å². The van der Waals surface area contributed by atoms with Crippen LogP contribution in [0.1, 0.15) is 5.56 Å². The molecule has 1 rings (SSSR count). The van der Waals surface area contributed by atoms with Gasteiger partial charge in [0.1, 0.15) is 5.92 Å². The minimum atomic E-state index is -0.632. The molecule has 0 aromatic heterocycles. The number of nitrogens with zero attached hydrogens (tertiary/aromatic N) is 1. The number of nitriles is 1. The van der Waals surface area contributed by atoms with Crippen molar-refractivity contribution in [3.8, 4) is 6.07 Å². The number of rotatable bonds is 3. The Kier molecular flexibility index (Phi) is 3.04.